The molecule has 0 aliphatic carbocycles. The zero-order valence-electron chi connectivity index (χ0n) is 17.2. The Balaban J connectivity index is 1.63. The molecule has 2 aromatic heterocycles. The number of primary amides is 1. The predicted octanol–water partition coefficient (Wildman–Crippen LogP) is 3.51. The van der Waals surface area contributed by atoms with Crippen LogP contribution >= 0.6 is 22.7 Å². The van der Waals surface area contributed by atoms with Crippen molar-refractivity contribution in [3.8, 4) is 11.5 Å². The van der Waals surface area contributed by atoms with E-state index in [-0.39, 0.29) is 18.5 Å². The summed E-state index contributed by atoms with van der Waals surface area (Å²) in [5.41, 5.74) is 8.01. The predicted molar refractivity (Wildman–Crippen MR) is 122 cm³/mol. The number of methoxy groups -OCH3 is 2. The highest BCUT2D eigenvalue weighted by Gasteiger charge is 2.32. The fraction of sp³-hybridized carbons (Fsp3) is 0.273. The van der Waals surface area contributed by atoms with Crippen LogP contribution in [0.2, 0.25) is 0 Å². The molecule has 7 nitrogen and oxygen atoms in total. The average Bonchev–Trinajstić information content (AvgIpc) is 3.44. The van der Waals surface area contributed by atoms with Gasteiger partial charge in [-0.2, -0.15) is 0 Å². The third-order valence-electron chi connectivity index (χ3n) is 5.32. The minimum Gasteiger partial charge on any atom is -0.493 e. The Kier molecular flexibility index (Phi) is 6.26. The molecule has 0 unspecified atom stereocenters. The zero-order chi connectivity index (χ0) is 22.0. The molecule has 0 saturated carbocycles. The van der Waals surface area contributed by atoms with Crippen molar-refractivity contribution in [2.75, 3.05) is 32.6 Å². The molecule has 4 rings (SSSR count). The molecule has 2 amide bonds. The van der Waals surface area contributed by atoms with Gasteiger partial charge in [0.25, 0.3) is 5.91 Å². The largest absolute Gasteiger partial charge is 0.493 e. The van der Waals surface area contributed by atoms with Crippen molar-refractivity contribution >= 4 is 39.5 Å². The number of carbonyl (C=O) groups is 2. The van der Waals surface area contributed by atoms with E-state index in [1.165, 1.54) is 16.9 Å². The molecule has 3 N–H and O–H groups in total. The third-order valence-corrected chi connectivity index (χ3v) is 7.07. The molecule has 1 aliphatic heterocycles. The molecule has 3 aromatic rings. The number of nitrogens with zero attached hydrogens (tertiary/aromatic N) is 1. The number of hydrogen-bond donors (Lipinski definition) is 2. The van der Waals surface area contributed by atoms with Gasteiger partial charge in [0, 0.05) is 11.4 Å². The van der Waals surface area contributed by atoms with Crippen molar-refractivity contribution in [1.82, 2.24) is 4.90 Å². The van der Waals surface area contributed by atoms with Gasteiger partial charge in [-0.15, -0.1) is 22.7 Å². The summed E-state index contributed by atoms with van der Waals surface area (Å²) in [6.07, 6.45) is 0.788. The number of nitrogens with two attached hydrogens (primary N) is 1. The van der Waals surface area contributed by atoms with E-state index >= 15 is 0 Å². The number of carbonyl (C=O) groups excluding carboxylic acids is 2. The molecule has 162 valence electrons. The lowest BCUT2D eigenvalue weighted by molar-refractivity contribution is -0.117. The minimum atomic E-state index is -0.555. The summed E-state index contributed by atoms with van der Waals surface area (Å²) in [7, 11) is 3.25. The molecule has 0 radical (unpaired) electrons. The van der Waals surface area contributed by atoms with Crippen molar-refractivity contribution < 1.29 is 19.1 Å². The number of nitrogens with one attached hydrogen (secondary N) is 1. The fourth-order valence-corrected chi connectivity index (χ4v) is 5.58. The van der Waals surface area contributed by atoms with Gasteiger partial charge in [0.2, 0.25) is 5.91 Å². The topological polar surface area (TPSA) is 93.9 Å². The van der Waals surface area contributed by atoms with Crippen LogP contribution < -0.4 is 20.5 Å². The first-order valence-electron chi connectivity index (χ1n) is 9.71. The number of hydrogen-bond acceptors (Lipinski definition) is 7. The summed E-state index contributed by atoms with van der Waals surface area (Å²) in [5, 5.41) is 7.10. The van der Waals surface area contributed by atoms with Crippen molar-refractivity contribution in [2.45, 2.75) is 12.5 Å². The molecule has 1 aromatic carbocycles. The van der Waals surface area contributed by atoms with Gasteiger partial charge in [-0.3, -0.25) is 14.5 Å². The molecule has 0 bridgehead atoms. The van der Waals surface area contributed by atoms with Crippen LogP contribution in [0.15, 0.2) is 41.1 Å². The Morgan fingerprint density at radius 1 is 1.16 bits per heavy atom. The second kappa shape index (κ2) is 9.09. The molecule has 31 heavy (non-hydrogen) atoms. The molecular formula is C22H23N3O4S2. The maximum Gasteiger partial charge on any atom is 0.251 e. The van der Waals surface area contributed by atoms with Gasteiger partial charge in [0.1, 0.15) is 5.00 Å². The second-order valence-corrected chi connectivity index (χ2v) is 9.02. The van der Waals surface area contributed by atoms with Crippen LogP contribution in [0.5, 0.6) is 11.5 Å². The summed E-state index contributed by atoms with van der Waals surface area (Å²) in [5.74, 6) is 0.629. The first-order valence-corrected chi connectivity index (χ1v) is 11.5. The van der Waals surface area contributed by atoms with Gasteiger partial charge in [0.15, 0.2) is 11.5 Å². The molecule has 1 atom stereocenters. The lowest BCUT2D eigenvalue weighted by Gasteiger charge is -2.36. The summed E-state index contributed by atoms with van der Waals surface area (Å²) >= 11 is 2.94. The standard InChI is InChI=1S/C22H23N3O4S2/c1-28-16-10-13-5-7-25(12-19(26)24-22-14(21(23)27)6-9-31-22)20(18-4-3-8-30-18)15(13)11-17(16)29-2/h3-4,6,8-11,20H,5,7,12H2,1-2H3,(H2,23,27)(H,24,26)/t20-/m1/s1. The minimum absolute atomic E-state index is 0.0757. The zero-order valence-corrected chi connectivity index (χ0v) is 18.8. The number of thiophene rings is 2. The Hall–Kier alpha value is -2.88. The van der Waals surface area contributed by atoms with Crippen LogP contribution in [0.25, 0.3) is 0 Å². The summed E-state index contributed by atoms with van der Waals surface area (Å²) in [4.78, 5) is 27.7. The van der Waals surface area contributed by atoms with Crippen LogP contribution in [-0.2, 0) is 11.2 Å². The molecule has 0 fully saturated rings. The number of benzene rings is 1. The van der Waals surface area contributed by atoms with E-state index in [1.54, 1.807) is 37.0 Å². The lowest BCUT2D eigenvalue weighted by atomic mass is 9.91. The quantitative estimate of drug-likeness (QED) is 0.566. The van der Waals surface area contributed by atoms with Crippen LogP contribution in [0, 0.1) is 0 Å². The Morgan fingerprint density at radius 2 is 1.94 bits per heavy atom. The number of rotatable bonds is 7. The van der Waals surface area contributed by atoms with Gasteiger partial charge in [-0.25, -0.2) is 0 Å². The van der Waals surface area contributed by atoms with Crippen LogP contribution in [0.4, 0.5) is 5.00 Å². The highest BCUT2D eigenvalue weighted by molar-refractivity contribution is 7.14. The van der Waals surface area contributed by atoms with Gasteiger partial charge in [0.05, 0.1) is 32.4 Å². The smallest absolute Gasteiger partial charge is 0.251 e. The summed E-state index contributed by atoms with van der Waals surface area (Å²) in [6.45, 7) is 0.901. The Bertz CT molecular complexity index is 1090. The average molecular weight is 458 g/mol. The lowest BCUT2D eigenvalue weighted by Crippen LogP contribution is -2.41. The number of fused-ring (bicyclic) bond motifs is 1. The first kappa shape index (κ1) is 21.4. The normalized spacial score (nSPS) is 15.9. The SMILES string of the molecule is COc1cc2c(cc1OC)[C@H](c1cccs1)N(CC(=O)Nc1sccc1C(N)=O)CC2. The summed E-state index contributed by atoms with van der Waals surface area (Å²) in [6, 6.07) is 9.67. The van der Waals surface area contributed by atoms with E-state index in [0.29, 0.717) is 28.6 Å². The monoisotopic (exact) mass is 457 g/mol. The van der Waals surface area contributed by atoms with Gasteiger partial charge in [-0.1, -0.05) is 6.07 Å². The molecule has 9 heteroatoms. The Labute approximate surface area is 188 Å². The van der Waals surface area contributed by atoms with Crippen molar-refractivity contribution in [1.29, 1.82) is 0 Å². The number of anilines is 1. The van der Waals surface area contributed by atoms with E-state index in [9.17, 15) is 9.59 Å². The fourth-order valence-electron chi connectivity index (χ4n) is 3.90. The van der Waals surface area contributed by atoms with Crippen molar-refractivity contribution in [2.24, 2.45) is 5.73 Å². The molecule has 0 spiro atoms. The number of ether oxygens (including phenoxy) is 2. The highest BCUT2D eigenvalue weighted by atomic mass is 32.1. The van der Waals surface area contributed by atoms with Gasteiger partial charge in [-0.05, 0) is 52.6 Å². The molecule has 0 saturated heterocycles. The van der Waals surface area contributed by atoms with E-state index in [1.807, 2.05) is 23.6 Å². The molecule has 3 heterocycles. The maximum atomic E-state index is 12.9. The van der Waals surface area contributed by atoms with Crippen molar-refractivity contribution in [3.63, 3.8) is 0 Å². The van der Waals surface area contributed by atoms with E-state index in [2.05, 4.69) is 16.3 Å². The highest BCUT2D eigenvalue weighted by Crippen LogP contribution is 2.42. The van der Waals surface area contributed by atoms with Crippen LogP contribution in [-0.4, -0.2) is 44.0 Å². The van der Waals surface area contributed by atoms with E-state index in [4.69, 9.17) is 15.2 Å². The van der Waals surface area contributed by atoms with Crippen molar-refractivity contribution in [3.05, 3.63) is 62.7 Å². The number of amides is 2. The third kappa shape index (κ3) is 4.30. The van der Waals surface area contributed by atoms with E-state index in [0.717, 1.165) is 16.9 Å². The second-order valence-electron chi connectivity index (χ2n) is 7.12. The van der Waals surface area contributed by atoms with Crippen LogP contribution in [0.1, 0.15) is 32.4 Å². The van der Waals surface area contributed by atoms with Crippen LogP contribution in [0.3, 0.4) is 0 Å². The first-order chi connectivity index (χ1) is 15.0. The van der Waals surface area contributed by atoms with Gasteiger partial charge >= 0.3 is 0 Å². The maximum absolute atomic E-state index is 12.9. The van der Waals surface area contributed by atoms with Gasteiger partial charge < -0.3 is 20.5 Å². The Morgan fingerprint density at radius 3 is 2.61 bits per heavy atom. The molecular weight excluding hydrogens is 434 g/mol. The molecule has 1 aliphatic rings. The summed E-state index contributed by atoms with van der Waals surface area (Å²) < 4.78 is 11.0. The van der Waals surface area contributed by atoms with E-state index < -0.39 is 5.91 Å².